The number of urea groups is 1. The molecule has 1 aromatic rings. The number of hydrogen-bond donors (Lipinski definition) is 2. The molecule has 0 aromatic carbocycles. The van der Waals surface area contributed by atoms with Crippen LogP contribution in [0.2, 0.25) is 5.15 Å². The molecule has 0 bridgehead atoms. The van der Waals surface area contributed by atoms with E-state index >= 15 is 0 Å². The number of nitrogens with one attached hydrogen (secondary N) is 2. The van der Waals surface area contributed by atoms with Crippen LogP contribution in [0.1, 0.15) is 16.1 Å². The Hall–Kier alpha value is -1.82. The van der Waals surface area contributed by atoms with Crippen LogP contribution in [-0.2, 0) is 6.54 Å². The van der Waals surface area contributed by atoms with Crippen molar-refractivity contribution in [3.8, 4) is 0 Å². The van der Waals surface area contributed by atoms with Crippen LogP contribution in [-0.4, -0.2) is 42.0 Å². The van der Waals surface area contributed by atoms with Crippen LogP contribution in [0.25, 0.3) is 0 Å². The van der Waals surface area contributed by atoms with E-state index in [2.05, 4.69) is 15.6 Å². The Bertz CT molecular complexity index is 492. The first kappa shape index (κ1) is 12.6. The monoisotopic (exact) mass is 268 g/mol. The van der Waals surface area contributed by atoms with E-state index in [1.54, 1.807) is 17.0 Å². The van der Waals surface area contributed by atoms with Crippen molar-refractivity contribution in [2.24, 2.45) is 0 Å². The fraction of sp³-hybridized carbons (Fsp3) is 0.364. The van der Waals surface area contributed by atoms with Crippen molar-refractivity contribution < 1.29 is 9.59 Å². The highest BCUT2D eigenvalue weighted by Gasteiger charge is 2.28. The molecule has 6 nitrogen and oxygen atoms in total. The van der Waals surface area contributed by atoms with Gasteiger partial charge in [0.2, 0.25) is 0 Å². The second kappa shape index (κ2) is 5.22. The number of fused-ring (bicyclic) bond motifs is 1. The van der Waals surface area contributed by atoms with Gasteiger partial charge >= 0.3 is 6.03 Å². The maximum Gasteiger partial charge on any atom is 0.314 e. The number of nitrogens with zero attached hydrogens (tertiary/aromatic N) is 2. The highest BCUT2D eigenvalue weighted by molar-refractivity contribution is 6.29. The van der Waals surface area contributed by atoms with Crippen LogP contribution in [0, 0.1) is 0 Å². The lowest BCUT2D eigenvalue weighted by molar-refractivity contribution is 0.0780. The number of amides is 3. The van der Waals surface area contributed by atoms with Gasteiger partial charge in [0.25, 0.3) is 5.91 Å². The zero-order valence-corrected chi connectivity index (χ0v) is 10.6. The Balaban J connectivity index is 1.95. The summed E-state index contributed by atoms with van der Waals surface area (Å²) in [6.45, 7) is 1.28. The van der Waals surface area contributed by atoms with Crippen LogP contribution in [0.15, 0.2) is 12.1 Å². The molecule has 0 saturated carbocycles. The van der Waals surface area contributed by atoms with Gasteiger partial charge in [-0.2, -0.15) is 0 Å². The molecule has 2 N–H and O–H groups in total. The maximum atomic E-state index is 12.0. The molecule has 0 saturated heterocycles. The van der Waals surface area contributed by atoms with Gasteiger partial charge in [0.05, 0.1) is 17.8 Å². The average Bonchev–Trinajstić information content (AvgIpc) is 2.65. The number of carbonyl (C=O) groups is 2. The molecule has 0 spiro atoms. The van der Waals surface area contributed by atoms with E-state index in [-0.39, 0.29) is 11.9 Å². The molecule has 2 rings (SSSR count). The van der Waals surface area contributed by atoms with Crippen LogP contribution < -0.4 is 10.6 Å². The molecule has 0 unspecified atom stereocenters. The van der Waals surface area contributed by atoms with E-state index in [1.807, 2.05) is 0 Å². The van der Waals surface area contributed by atoms with Crippen molar-refractivity contribution in [3.63, 3.8) is 0 Å². The van der Waals surface area contributed by atoms with Gasteiger partial charge in [-0.1, -0.05) is 11.6 Å². The minimum Gasteiger partial charge on any atom is -0.341 e. The van der Waals surface area contributed by atoms with Crippen molar-refractivity contribution in [1.29, 1.82) is 0 Å². The molecule has 0 atom stereocenters. The molecule has 7 heteroatoms. The molecule has 3 amide bonds. The lowest BCUT2D eigenvalue weighted by Gasteiger charge is -2.15. The van der Waals surface area contributed by atoms with Crippen molar-refractivity contribution in [3.05, 3.63) is 28.5 Å². The first-order valence-corrected chi connectivity index (χ1v) is 5.90. The average molecular weight is 269 g/mol. The zero-order valence-electron chi connectivity index (χ0n) is 9.86. The van der Waals surface area contributed by atoms with Gasteiger partial charge in [0, 0.05) is 20.1 Å². The Kier molecular flexibility index (Phi) is 3.66. The fourth-order valence-corrected chi connectivity index (χ4v) is 1.95. The smallest absolute Gasteiger partial charge is 0.314 e. The molecular formula is C11H13ClN4O2. The van der Waals surface area contributed by atoms with Gasteiger partial charge in [-0.05, 0) is 12.1 Å². The first-order chi connectivity index (χ1) is 8.61. The van der Waals surface area contributed by atoms with E-state index in [1.165, 1.54) is 7.05 Å². The number of halogens is 1. The molecule has 0 fully saturated rings. The number of hydrogen-bond acceptors (Lipinski definition) is 3. The summed E-state index contributed by atoms with van der Waals surface area (Å²) in [5.41, 5.74) is 1.27. The highest BCUT2D eigenvalue weighted by Crippen LogP contribution is 2.22. The first-order valence-electron chi connectivity index (χ1n) is 5.52. The maximum absolute atomic E-state index is 12.0. The fourth-order valence-electron chi connectivity index (χ4n) is 1.79. The van der Waals surface area contributed by atoms with E-state index < -0.39 is 0 Å². The van der Waals surface area contributed by atoms with Crippen LogP contribution >= 0.6 is 11.6 Å². The third kappa shape index (κ3) is 2.53. The molecule has 96 valence electrons. The second-order valence-electron chi connectivity index (χ2n) is 3.86. The van der Waals surface area contributed by atoms with Crippen molar-refractivity contribution in [1.82, 2.24) is 20.5 Å². The second-order valence-corrected chi connectivity index (χ2v) is 4.25. The Labute approximate surface area is 109 Å². The highest BCUT2D eigenvalue weighted by atomic mass is 35.5. The summed E-state index contributed by atoms with van der Waals surface area (Å²) in [4.78, 5) is 28.7. The quantitative estimate of drug-likeness (QED) is 0.789. The van der Waals surface area contributed by atoms with Gasteiger partial charge < -0.3 is 15.5 Å². The molecule has 1 aromatic heterocycles. The molecule has 1 aliphatic rings. The minimum atomic E-state index is -0.264. The topological polar surface area (TPSA) is 74.3 Å². The summed E-state index contributed by atoms with van der Waals surface area (Å²) < 4.78 is 0. The van der Waals surface area contributed by atoms with Crippen molar-refractivity contribution >= 4 is 23.5 Å². The van der Waals surface area contributed by atoms with E-state index in [0.717, 1.165) is 0 Å². The number of aromatic nitrogens is 1. The number of carbonyl (C=O) groups excluding carboxylic acids is 2. The molecule has 0 radical (unpaired) electrons. The molecular weight excluding hydrogens is 256 g/mol. The Morgan fingerprint density at radius 2 is 2.33 bits per heavy atom. The lowest BCUT2D eigenvalue weighted by atomic mass is 10.2. The molecule has 2 heterocycles. The van der Waals surface area contributed by atoms with E-state index in [9.17, 15) is 9.59 Å². The molecule has 0 aliphatic carbocycles. The van der Waals surface area contributed by atoms with Crippen LogP contribution in [0.4, 0.5) is 4.79 Å². The van der Waals surface area contributed by atoms with Crippen molar-refractivity contribution in [2.75, 3.05) is 20.1 Å². The van der Waals surface area contributed by atoms with Crippen molar-refractivity contribution in [2.45, 2.75) is 6.54 Å². The minimum absolute atomic E-state index is 0.0760. The van der Waals surface area contributed by atoms with Gasteiger partial charge in [-0.15, -0.1) is 0 Å². The van der Waals surface area contributed by atoms with Crippen LogP contribution in [0.5, 0.6) is 0 Å². The third-order valence-electron chi connectivity index (χ3n) is 2.69. The normalized spacial score (nSPS) is 13.4. The summed E-state index contributed by atoms with van der Waals surface area (Å²) >= 11 is 5.78. The number of pyridine rings is 1. The predicted molar refractivity (Wildman–Crippen MR) is 66.4 cm³/mol. The molecule has 18 heavy (non-hydrogen) atoms. The third-order valence-corrected chi connectivity index (χ3v) is 2.90. The largest absolute Gasteiger partial charge is 0.341 e. The Morgan fingerprint density at radius 1 is 1.56 bits per heavy atom. The summed E-state index contributed by atoms with van der Waals surface area (Å²) in [7, 11) is 1.54. The zero-order chi connectivity index (χ0) is 13.1. The van der Waals surface area contributed by atoms with Crippen LogP contribution in [0.3, 0.4) is 0 Å². The predicted octanol–water partition coefficient (Wildman–Crippen LogP) is 0.620. The number of rotatable bonds is 3. The van der Waals surface area contributed by atoms with Gasteiger partial charge in [0.1, 0.15) is 5.15 Å². The lowest BCUT2D eigenvalue weighted by Crippen LogP contribution is -2.39. The molecule has 1 aliphatic heterocycles. The van der Waals surface area contributed by atoms with Gasteiger partial charge in [-0.25, -0.2) is 9.78 Å². The summed E-state index contributed by atoms with van der Waals surface area (Å²) in [5, 5.41) is 5.45. The standard InChI is InChI=1S/C11H13ClN4O2/c1-13-11(18)14-4-5-16-6-8-7(10(16)17)2-3-9(12)15-8/h2-3H,4-6H2,1H3,(H2,13,14,18). The Morgan fingerprint density at radius 3 is 3.06 bits per heavy atom. The summed E-state index contributed by atoms with van der Waals surface area (Å²) in [6.07, 6.45) is 0. The SMILES string of the molecule is CNC(=O)NCCN1Cc2nc(Cl)ccc2C1=O. The van der Waals surface area contributed by atoms with E-state index in [0.29, 0.717) is 36.0 Å². The van der Waals surface area contributed by atoms with E-state index in [4.69, 9.17) is 11.6 Å². The van der Waals surface area contributed by atoms with Gasteiger partial charge in [0.15, 0.2) is 0 Å². The summed E-state index contributed by atoms with van der Waals surface area (Å²) in [6, 6.07) is 3.02. The van der Waals surface area contributed by atoms with Gasteiger partial charge in [-0.3, -0.25) is 4.79 Å². The summed E-state index contributed by atoms with van der Waals surface area (Å²) in [5.74, 6) is -0.0760.